The summed E-state index contributed by atoms with van der Waals surface area (Å²) < 4.78 is 68.2. The number of aliphatic hydroxyl groups excluding tert-OH is 1. The molecule has 92 heavy (non-hydrogen) atoms. The summed E-state index contributed by atoms with van der Waals surface area (Å²) in [7, 11) is -9.90. The van der Waals surface area contributed by atoms with Crippen LogP contribution in [0.25, 0.3) is 0 Å². The molecule has 2 unspecified atom stereocenters. The topological polar surface area (TPSA) is 237 Å². The van der Waals surface area contributed by atoms with E-state index in [1.54, 1.807) is 0 Å². The summed E-state index contributed by atoms with van der Waals surface area (Å²) in [5.74, 6) is 0.214. The van der Waals surface area contributed by atoms with Crippen LogP contribution in [0.3, 0.4) is 0 Å². The minimum atomic E-state index is -4.95. The molecule has 17 nitrogen and oxygen atoms in total. The minimum absolute atomic E-state index is 0.105. The molecule has 0 radical (unpaired) electrons. The van der Waals surface area contributed by atoms with Crippen LogP contribution in [-0.2, 0) is 65.4 Å². The van der Waals surface area contributed by atoms with Crippen molar-refractivity contribution in [1.82, 2.24) is 0 Å². The average Bonchev–Trinajstić information content (AvgIpc) is 3.72. The fourth-order valence-corrected chi connectivity index (χ4v) is 12.7. The molecule has 3 N–H and O–H groups in total. The van der Waals surface area contributed by atoms with Crippen molar-refractivity contribution >= 4 is 39.5 Å². The molecule has 0 heterocycles. The van der Waals surface area contributed by atoms with Gasteiger partial charge in [-0.05, 0) is 43.4 Å². The fraction of sp³-hybridized carbons (Fsp3) is 0.945. The number of ether oxygens (including phenoxy) is 4. The van der Waals surface area contributed by atoms with Gasteiger partial charge in [0.05, 0.1) is 26.4 Å². The second-order valence-corrected chi connectivity index (χ2v) is 30.7. The summed E-state index contributed by atoms with van der Waals surface area (Å²) in [5.41, 5.74) is 0. The van der Waals surface area contributed by atoms with Crippen molar-refractivity contribution in [3.8, 4) is 0 Å². The van der Waals surface area contributed by atoms with E-state index in [4.69, 9.17) is 37.0 Å². The van der Waals surface area contributed by atoms with E-state index in [9.17, 15) is 43.2 Å². The molecule has 0 amide bonds. The van der Waals surface area contributed by atoms with Gasteiger partial charge in [-0.15, -0.1) is 0 Å². The van der Waals surface area contributed by atoms with Gasteiger partial charge in [-0.25, -0.2) is 9.13 Å². The van der Waals surface area contributed by atoms with Crippen LogP contribution in [0.15, 0.2) is 0 Å². The van der Waals surface area contributed by atoms with Gasteiger partial charge in [0, 0.05) is 25.7 Å². The SMILES string of the molecule is CCCCCCCC(=O)OC[C@H](COP(=O)(O)OC[C@H](O)COP(=O)(O)OC[C@@H](COC(=O)CCCCCCCCCCCCCCCC(C)C)OC(=O)CCCCCCCCCCCCCCCCCC(C)C)OC(=O)CCCCCCCCCCCCC(C)C. The Kier molecular flexibility index (Phi) is 62.4. The molecule has 0 saturated heterocycles. The lowest BCUT2D eigenvalue weighted by Crippen LogP contribution is -2.30. The Morgan fingerprint density at radius 1 is 0.293 bits per heavy atom. The van der Waals surface area contributed by atoms with Crippen LogP contribution in [0.2, 0.25) is 0 Å². The maximum atomic E-state index is 13.0. The monoisotopic (exact) mass is 1350 g/mol. The van der Waals surface area contributed by atoms with Gasteiger partial charge in [0.2, 0.25) is 0 Å². The molecule has 5 atom stereocenters. The first kappa shape index (κ1) is 90.1. The van der Waals surface area contributed by atoms with E-state index in [0.29, 0.717) is 25.7 Å². The van der Waals surface area contributed by atoms with Crippen LogP contribution in [0, 0.1) is 17.8 Å². The van der Waals surface area contributed by atoms with E-state index >= 15 is 0 Å². The first-order valence-corrected chi connectivity index (χ1v) is 40.8. The summed E-state index contributed by atoms with van der Waals surface area (Å²) >= 11 is 0. The number of esters is 4. The zero-order valence-corrected chi connectivity index (χ0v) is 61.8. The quantitative estimate of drug-likeness (QED) is 0.0222. The Morgan fingerprint density at radius 2 is 0.500 bits per heavy atom. The molecule has 0 aromatic heterocycles. The van der Waals surface area contributed by atoms with E-state index < -0.39 is 97.5 Å². The van der Waals surface area contributed by atoms with Crippen LogP contribution < -0.4 is 0 Å². The summed E-state index contributed by atoms with van der Waals surface area (Å²) in [6, 6.07) is 0. The van der Waals surface area contributed by atoms with E-state index in [2.05, 4.69) is 48.5 Å². The Hall–Kier alpha value is -1.94. The van der Waals surface area contributed by atoms with Crippen molar-refractivity contribution in [2.75, 3.05) is 39.6 Å². The Morgan fingerprint density at radius 3 is 0.739 bits per heavy atom. The largest absolute Gasteiger partial charge is 0.472 e. The molecule has 0 rings (SSSR count). The van der Waals surface area contributed by atoms with Crippen molar-refractivity contribution < 1.29 is 80.2 Å². The fourth-order valence-electron chi connectivity index (χ4n) is 11.1. The molecule has 0 aliphatic carbocycles. The number of phosphoric acid groups is 2. The highest BCUT2D eigenvalue weighted by Gasteiger charge is 2.30. The van der Waals surface area contributed by atoms with Gasteiger partial charge in [0.15, 0.2) is 12.2 Å². The molecule has 0 aliphatic rings. The highest BCUT2D eigenvalue weighted by molar-refractivity contribution is 7.47. The van der Waals surface area contributed by atoms with Crippen molar-refractivity contribution in [2.24, 2.45) is 17.8 Å². The number of carbonyl (C=O) groups is 4. The van der Waals surface area contributed by atoms with Crippen molar-refractivity contribution in [3.05, 3.63) is 0 Å². The van der Waals surface area contributed by atoms with Crippen LogP contribution in [0.4, 0.5) is 0 Å². The standard InChI is InChI=1S/C73H142O17P2/c1-8-9-10-37-47-54-70(75)83-60-68(89-72(77)57-50-43-36-30-24-23-27-33-40-46-53-66(6)7)62-87-91(79,80)85-58-67(74)59-86-92(81,82)88-63-69(61-84-71(76)55-48-41-34-28-21-18-14-16-20-26-32-39-45-52-65(4)5)90-73(78)56-49-42-35-29-22-17-13-11-12-15-19-25-31-38-44-51-64(2)3/h64-69,74H,8-63H2,1-7H3,(H,79,80)(H,81,82)/t67-,68+,69+/m0/s1. The van der Waals surface area contributed by atoms with Crippen molar-refractivity contribution in [1.29, 1.82) is 0 Å². The second kappa shape index (κ2) is 63.8. The minimum Gasteiger partial charge on any atom is -0.462 e. The lowest BCUT2D eigenvalue weighted by atomic mass is 10.0. The number of phosphoric ester groups is 2. The maximum absolute atomic E-state index is 13.0. The highest BCUT2D eigenvalue weighted by Crippen LogP contribution is 2.45. The van der Waals surface area contributed by atoms with E-state index in [1.165, 1.54) is 173 Å². The summed E-state index contributed by atoms with van der Waals surface area (Å²) in [4.78, 5) is 72.4. The zero-order valence-electron chi connectivity index (χ0n) is 60.0. The van der Waals surface area contributed by atoms with Crippen LogP contribution in [0.1, 0.15) is 370 Å². The molecule has 0 fully saturated rings. The molecule has 19 heteroatoms. The van der Waals surface area contributed by atoms with Gasteiger partial charge >= 0.3 is 39.5 Å². The summed E-state index contributed by atoms with van der Waals surface area (Å²) in [5, 5.41) is 10.6. The van der Waals surface area contributed by atoms with E-state index in [-0.39, 0.29) is 25.7 Å². The zero-order chi connectivity index (χ0) is 68.0. The number of hydrogen-bond acceptors (Lipinski definition) is 15. The van der Waals surface area contributed by atoms with Crippen LogP contribution in [-0.4, -0.2) is 96.7 Å². The number of unbranched alkanes of at least 4 members (excludes halogenated alkanes) is 39. The normalized spacial score (nSPS) is 14.1. The third kappa shape index (κ3) is 66.7. The van der Waals surface area contributed by atoms with Gasteiger partial charge in [-0.1, -0.05) is 318 Å². The molecular weight excluding hydrogens is 1210 g/mol. The first-order valence-electron chi connectivity index (χ1n) is 37.8. The molecule has 0 saturated carbocycles. The van der Waals surface area contributed by atoms with Gasteiger partial charge in [0.25, 0.3) is 0 Å². The maximum Gasteiger partial charge on any atom is 0.472 e. The number of rotatable bonds is 71. The lowest BCUT2D eigenvalue weighted by Gasteiger charge is -2.21. The number of aliphatic hydroxyl groups is 1. The molecule has 0 spiro atoms. The van der Waals surface area contributed by atoms with Gasteiger partial charge in [-0.2, -0.15) is 0 Å². The molecule has 0 aromatic carbocycles. The van der Waals surface area contributed by atoms with E-state index in [0.717, 1.165) is 114 Å². The Labute approximate surface area is 562 Å². The number of carbonyl (C=O) groups excluding carboxylic acids is 4. The number of hydrogen-bond donors (Lipinski definition) is 3. The van der Waals surface area contributed by atoms with Crippen LogP contribution in [0.5, 0.6) is 0 Å². The third-order valence-corrected chi connectivity index (χ3v) is 18.8. The average molecular weight is 1350 g/mol. The highest BCUT2D eigenvalue weighted by atomic mass is 31.2. The van der Waals surface area contributed by atoms with Crippen molar-refractivity contribution in [2.45, 2.75) is 388 Å². The smallest absolute Gasteiger partial charge is 0.462 e. The molecule has 0 bridgehead atoms. The Bertz CT molecular complexity index is 1800. The predicted octanol–water partition coefficient (Wildman–Crippen LogP) is 21.0. The summed E-state index contributed by atoms with van der Waals surface area (Å²) in [6.07, 6.45) is 49.0. The molecule has 546 valence electrons. The Balaban J connectivity index is 5.16. The van der Waals surface area contributed by atoms with Crippen molar-refractivity contribution in [3.63, 3.8) is 0 Å². The lowest BCUT2D eigenvalue weighted by molar-refractivity contribution is -0.161. The third-order valence-electron chi connectivity index (χ3n) is 16.9. The molecular formula is C73H142O17P2. The van der Waals surface area contributed by atoms with Crippen LogP contribution >= 0.6 is 15.6 Å². The second-order valence-electron chi connectivity index (χ2n) is 27.8. The first-order chi connectivity index (χ1) is 44.2. The van der Waals surface area contributed by atoms with Gasteiger partial charge in [-0.3, -0.25) is 37.3 Å². The van der Waals surface area contributed by atoms with Gasteiger partial charge < -0.3 is 33.8 Å². The van der Waals surface area contributed by atoms with Gasteiger partial charge in [0.1, 0.15) is 19.3 Å². The predicted molar refractivity (Wildman–Crippen MR) is 372 cm³/mol. The van der Waals surface area contributed by atoms with E-state index in [1.807, 2.05) is 0 Å². The summed E-state index contributed by atoms with van der Waals surface area (Å²) in [6.45, 7) is 11.8. The molecule has 0 aromatic rings. The molecule has 0 aliphatic heterocycles.